The molecule has 0 aliphatic rings. The molecule has 0 bridgehead atoms. The van der Waals surface area contributed by atoms with E-state index < -0.39 is 4.92 Å². The number of aromatic nitrogens is 2. The Labute approximate surface area is 152 Å². The van der Waals surface area contributed by atoms with E-state index in [1.165, 1.54) is 12.1 Å². The number of likely N-dealkylation sites (N-methyl/N-ethyl adjacent to an activating group) is 1. The van der Waals surface area contributed by atoms with Gasteiger partial charge in [0.25, 0.3) is 5.69 Å². The Balaban J connectivity index is 1.85. The van der Waals surface area contributed by atoms with Gasteiger partial charge in [-0.05, 0) is 47.1 Å². The van der Waals surface area contributed by atoms with Crippen molar-refractivity contribution in [1.29, 1.82) is 0 Å². The van der Waals surface area contributed by atoms with Crippen LogP contribution in [-0.4, -0.2) is 26.9 Å². The van der Waals surface area contributed by atoms with Gasteiger partial charge in [0.05, 0.1) is 4.92 Å². The van der Waals surface area contributed by atoms with Crippen LogP contribution >= 0.6 is 15.9 Å². The average molecular weight is 403 g/mol. The molecule has 0 N–H and O–H groups in total. The molecule has 128 valence electrons. The van der Waals surface area contributed by atoms with E-state index in [1.54, 1.807) is 40.1 Å². The Hall–Kier alpha value is -2.74. The van der Waals surface area contributed by atoms with Crippen LogP contribution in [-0.2, 0) is 11.3 Å². The summed E-state index contributed by atoms with van der Waals surface area (Å²) in [7, 11) is 0. The summed E-state index contributed by atoms with van der Waals surface area (Å²) in [5.41, 5.74) is 0.810. The van der Waals surface area contributed by atoms with Crippen molar-refractivity contribution >= 4 is 44.2 Å². The van der Waals surface area contributed by atoms with Crippen molar-refractivity contribution in [2.75, 3.05) is 11.4 Å². The molecular weight excluding hydrogens is 388 g/mol. The van der Waals surface area contributed by atoms with Crippen LogP contribution in [0.4, 0.5) is 11.5 Å². The van der Waals surface area contributed by atoms with E-state index >= 15 is 0 Å². The highest BCUT2D eigenvalue weighted by atomic mass is 79.9. The molecule has 0 aliphatic carbocycles. The summed E-state index contributed by atoms with van der Waals surface area (Å²) < 4.78 is 2.63. The van der Waals surface area contributed by atoms with E-state index in [1.807, 2.05) is 13.0 Å². The molecule has 2 aromatic heterocycles. The second-order valence-electron chi connectivity index (χ2n) is 5.42. The molecular formula is C17H15BrN4O3. The van der Waals surface area contributed by atoms with Crippen molar-refractivity contribution in [1.82, 2.24) is 9.55 Å². The van der Waals surface area contributed by atoms with Crippen molar-refractivity contribution < 1.29 is 9.72 Å². The van der Waals surface area contributed by atoms with Gasteiger partial charge in [-0.25, -0.2) is 4.98 Å². The van der Waals surface area contributed by atoms with Crippen molar-refractivity contribution in [3.8, 4) is 0 Å². The predicted octanol–water partition coefficient (Wildman–Crippen LogP) is 3.76. The fourth-order valence-corrected chi connectivity index (χ4v) is 2.90. The number of amides is 1. The lowest BCUT2D eigenvalue weighted by molar-refractivity contribution is -0.384. The minimum absolute atomic E-state index is 0.0332. The van der Waals surface area contributed by atoms with E-state index in [4.69, 9.17) is 0 Å². The van der Waals surface area contributed by atoms with E-state index in [9.17, 15) is 14.9 Å². The molecule has 0 saturated heterocycles. The number of nitro groups is 1. The van der Waals surface area contributed by atoms with Crippen molar-refractivity contribution in [3.05, 3.63) is 63.4 Å². The SMILES string of the molecule is CCN(C(=O)Cn1ccc2cc([N+](=O)[O-])ccc21)c1ccc(Br)cn1. The number of anilines is 1. The predicted molar refractivity (Wildman–Crippen MR) is 98.6 cm³/mol. The molecule has 8 heteroatoms. The molecule has 7 nitrogen and oxygen atoms in total. The first-order valence-corrected chi connectivity index (χ1v) is 8.44. The number of carbonyl (C=O) groups excluding carboxylic acids is 1. The maximum absolute atomic E-state index is 12.7. The van der Waals surface area contributed by atoms with Gasteiger partial charge < -0.3 is 4.57 Å². The maximum atomic E-state index is 12.7. The molecule has 0 radical (unpaired) electrons. The molecule has 0 atom stereocenters. The van der Waals surface area contributed by atoms with Crippen LogP contribution in [0.1, 0.15) is 6.92 Å². The third kappa shape index (κ3) is 3.53. The van der Waals surface area contributed by atoms with Crippen molar-refractivity contribution in [2.24, 2.45) is 0 Å². The Bertz CT molecular complexity index is 937. The van der Waals surface area contributed by atoms with Crippen LogP contribution in [0.3, 0.4) is 0 Å². The summed E-state index contributed by atoms with van der Waals surface area (Å²) >= 11 is 3.33. The number of fused-ring (bicyclic) bond motifs is 1. The molecule has 0 saturated carbocycles. The van der Waals surface area contributed by atoms with Crippen LogP contribution in [0.15, 0.2) is 53.3 Å². The molecule has 0 fully saturated rings. The van der Waals surface area contributed by atoms with Crippen LogP contribution in [0.5, 0.6) is 0 Å². The molecule has 3 rings (SSSR count). The first kappa shape index (κ1) is 17.1. The molecule has 2 heterocycles. The van der Waals surface area contributed by atoms with Gasteiger partial charge in [-0.15, -0.1) is 0 Å². The zero-order chi connectivity index (χ0) is 18.0. The van der Waals surface area contributed by atoms with Crippen LogP contribution in [0.25, 0.3) is 10.9 Å². The summed E-state index contributed by atoms with van der Waals surface area (Å²) in [6.07, 6.45) is 3.41. The van der Waals surface area contributed by atoms with Gasteiger partial charge in [0, 0.05) is 46.4 Å². The van der Waals surface area contributed by atoms with E-state index in [0.29, 0.717) is 12.4 Å². The molecule has 25 heavy (non-hydrogen) atoms. The van der Waals surface area contributed by atoms with Gasteiger partial charge in [-0.2, -0.15) is 0 Å². The van der Waals surface area contributed by atoms with Crippen LogP contribution in [0.2, 0.25) is 0 Å². The van der Waals surface area contributed by atoms with Crippen molar-refractivity contribution in [3.63, 3.8) is 0 Å². The van der Waals surface area contributed by atoms with E-state index in [0.717, 1.165) is 15.4 Å². The molecule has 1 aromatic carbocycles. The van der Waals surface area contributed by atoms with Gasteiger partial charge >= 0.3 is 0 Å². The number of nitro benzene ring substituents is 1. The zero-order valence-corrected chi connectivity index (χ0v) is 15.0. The summed E-state index contributed by atoms with van der Waals surface area (Å²) in [5, 5.41) is 11.6. The van der Waals surface area contributed by atoms with Gasteiger partial charge in [0.2, 0.25) is 5.91 Å². The molecule has 0 aliphatic heterocycles. The number of nitrogens with zero attached hydrogens (tertiary/aromatic N) is 4. The molecule has 3 aromatic rings. The molecule has 0 spiro atoms. The quantitative estimate of drug-likeness (QED) is 0.480. The molecule has 1 amide bonds. The van der Waals surface area contributed by atoms with Crippen LogP contribution < -0.4 is 4.90 Å². The second kappa shape index (κ2) is 7.02. The normalized spacial score (nSPS) is 10.8. The first-order valence-electron chi connectivity index (χ1n) is 7.65. The minimum atomic E-state index is -0.431. The van der Waals surface area contributed by atoms with Gasteiger partial charge in [0.1, 0.15) is 12.4 Å². The van der Waals surface area contributed by atoms with Crippen molar-refractivity contribution in [2.45, 2.75) is 13.5 Å². The van der Waals surface area contributed by atoms with Gasteiger partial charge in [-0.1, -0.05) is 0 Å². The highest BCUT2D eigenvalue weighted by Crippen LogP contribution is 2.22. The minimum Gasteiger partial charge on any atom is -0.338 e. The Morgan fingerprint density at radius 3 is 2.76 bits per heavy atom. The number of hydrogen-bond acceptors (Lipinski definition) is 4. The lowest BCUT2D eigenvalue weighted by Crippen LogP contribution is -2.34. The van der Waals surface area contributed by atoms with Gasteiger partial charge in [-0.3, -0.25) is 19.8 Å². The average Bonchev–Trinajstić information content (AvgIpc) is 2.99. The molecule has 0 unspecified atom stereocenters. The number of pyridine rings is 1. The smallest absolute Gasteiger partial charge is 0.270 e. The number of carbonyl (C=O) groups is 1. The largest absolute Gasteiger partial charge is 0.338 e. The monoisotopic (exact) mass is 402 g/mol. The van der Waals surface area contributed by atoms with Gasteiger partial charge in [0.15, 0.2) is 0 Å². The first-order chi connectivity index (χ1) is 12.0. The lowest BCUT2D eigenvalue weighted by Gasteiger charge is -2.20. The lowest BCUT2D eigenvalue weighted by atomic mass is 10.2. The standard InChI is InChI=1S/C17H15BrN4O3/c1-2-21(16-6-3-13(18)10-19-16)17(23)11-20-8-7-12-9-14(22(24)25)4-5-15(12)20/h3-10H,2,11H2,1H3. The number of hydrogen-bond donors (Lipinski definition) is 0. The zero-order valence-electron chi connectivity index (χ0n) is 13.4. The highest BCUT2D eigenvalue weighted by Gasteiger charge is 2.17. The third-order valence-corrected chi connectivity index (χ3v) is 4.35. The number of non-ortho nitro benzene ring substituents is 1. The third-order valence-electron chi connectivity index (χ3n) is 3.88. The van der Waals surface area contributed by atoms with E-state index in [2.05, 4.69) is 20.9 Å². The Morgan fingerprint density at radius 1 is 1.32 bits per heavy atom. The van der Waals surface area contributed by atoms with E-state index in [-0.39, 0.29) is 18.1 Å². The number of benzene rings is 1. The number of halogens is 1. The summed E-state index contributed by atoms with van der Waals surface area (Å²) in [5.74, 6) is 0.482. The number of rotatable bonds is 5. The summed E-state index contributed by atoms with van der Waals surface area (Å²) in [4.78, 5) is 29.0. The maximum Gasteiger partial charge on any atom is 0.270 e. The second-order valence-corrected chi connectivity index (χ2v) is 6.33. The summed E-state index contributed by atoms with van der Waals surface area (Å²) in [6, 6.07) is 9.99. The highest BCUT2D eigenvalue weighted by molar-refractivity contribution is 9.10. The Kier molecular flexibility index (Phi) is 4.80. The van der Waals surface area contributed by atoms with Crippen LogP contribution in [0, 0.1) is 10.1 Å². The topological polar surface area (TPSA) is 81.3 Å². The fraction of sp³-hybridized carbons (Fsp3) is 0.176. The summed E-state index contributed by atoms with van der Waals surface area (Å²) in [6.45, 7) is 2.52. The fourth-order valence-electron chi connectivity index (χ4n) is 2.66. The Morgan fingerprint density at radius 2 is 2.12 bits per heavy atom.